The minimum Gasteiger partial charge on any atom is -0.454 e. The minimum absolute atomic E-state index is 0.0787. The Labute approximate surface area is 196 Å². The molecule has 1 fully saturated rings. The first-order chi connectivity index (χ1) is 16.6. The molecule has 1 aromatic heterocycles. The van der Waals surface area contributed by atoms with E-state index in [4.69, 9.17) is 15.2 Å². The maximum Gasteiger partial charge on any atom is 0.269 e. The molecule has 0 saturated heterocycles. The number of primary amides is 1. The van der Waals surface area contributed by atoms with Crippen LogP contribution in [0.25, 0.3) is 16.9 Å². The quantitative estimate of drug-likeness (QED) is 0.521. The Hall–Kier alpha value is -3.85. The zero-order valence-electron chi connectivity index (χ0n) is 18.6. The zero-order chi connectivity index (χ0) is 23.2. The standard InChI is InChI=1S/C25H25N5O4/c26-25(32)23-18-8-5-14-4-6-16(28-22(31)12-27-15-2-1-3-15)10-19(14)24(18)30(29-23)17-7-9-20-21(11-17)34-13-33-20/h4,6-7,9-11,15,27H,1-3,5,8,12-13H2,(H2,26,32)(H,28,31). The Morgan fingerprint density at radius 1 is 1.09 bits per heavy atom. The summed E-state index contributed by atoms with van der Waals surface area (Å²) in [6.07, 6.45) is 4.88. The van der Waals surface area contributed by atoms with Gasteiger partial charge in [0.2, 0.25) is 12.7 Å². The summed E-state index contributed by atoms with van der Waals surface area (Å²) < 4.78 is 12.7. The van der Waals surface area contributed by atoms with Crippen molar-refractivity contribution in [3.05, 3.63) is 53.2 Å². The van der Waals surface area contributed by atoms with E-state index in [1.807, 2.05) is 36.4 Å². The van der Waals surface area contributed by atoms with Crippen LogP contribution in [0.5, 0.6) is 11.5 Å². The van der Waals surface area contributed by atoms with Gasteiger partial charge >= 0.3 is 0 Å². The highest BCUT2D eigenvalue weighted by molar-refractivity contribution is 5.96. The summed E-state index contributed by atoms with van der Waals surface area (Å²) in [5, 5.41) is 10.9. The van der Waals surface area contributed by atoms with E-state index in [0.29, 0.717) is 29.6 Å². The summed E-state index contributed by atoms with van der Waals surface area (Å²) in [6, 6.07) is 11.9. The van der Waals surface area contributed by atoms with Crippen LogP contribution in [0, 0.1) is 0 Å². The number of hydrogen-bond acceptors (Lipinski definition) is 6. The third kappa shape index (κ3) is 3.58. The number of rotatable bonds is 6. The predicted molar refractivity (Wildman–Crippen MR) is 125 cm³/mol. The van der Waals surface area contributed by atoms with Crippen molar-refractivity contribution in [1.82, 2.24) is 15.1 Å². The van der Waals surface area contributed by atoms with Gasteiger partial charge in [0.15, 0.2) is 17.2 Å². The largest absolute Gasteiger partial charge is 0.454 e. The van der Waals surface area contributed by atoms with Crippen LogP contribution in [0.15, 0.2) is 36.4 Å². The second-order valence-corrected chi connectivity index (χ2v) is 8.92. The fourth-order valence-electron chi connectivity index (χ4n) is 4.77. The first kappa shape index (κ1) is 20.7. The molecule has 2 heterocycles. The average molecular weight is 460 g/mol. The molecule has 174 valence electrons. The molecule has 1 saturated carbocycles. The third-order valence-electron chi connectivity index (χ3n) is 6.77. The fourth-order valence-corrected chi connectivity index (χ4v) is 4.77. The van der Waals surface area contributed by atoms with Crippen molar-refractivity contribution >= 4 is 17.5 Å². The van der Waals surface area contributed by atoms with Gasteiger partial charge in [-0.15, -0.1) is 0 Å². The second kappa shape index (κ2) is 8.18. The molecule has 0 bridgehead atoms. The summed E-state index contributed by atoms with van der Waals surface area (Å²) in [7, 11) is 0. The third-order valence-corrected chi connectivity index (χ3v) is 6.77. The van der Waals surface area contributed by atoms with E-state index in [0.717, 1.165) is 47.3 Å². The molecule has 9 heteroatoms. The van der Waals surface area contributed by atoms with Crippen LogP contribution >= 0.6 is 0 Å². The topological polar surface area (TPSA) is 120 Å². The molecule has 3 aromatic rings. The lowest BCUT2D eigenvalue weighted by molar-refractivity contribution is -0.115. The van der Waals surface area contributed by atoms with E-state index >= 15 is 0 Å². The highest BCUT2D eigenvalue weighted by Gasteiger charge is 2.29. The number of hydrogen-bond donors (Lipinski definition) is 3. The summed E-state index contributed by atoms with van der Waals surface area (Å²) in [5.74, 6) is 0.648. The van der Waals surface area contributed by atoms with Crippen LogP contribution in [0.4, 0.5) is 5.69 Å². The molecule has 0 spiro atoms. The smallest absolute Gasteiger partial charge is 0.269 e. The van der Waals surface area contributed by atoms with Crippen molar-refractivity contribution < 1.29 is 19.1 Å². The summed E-state index contributed by atoms with van der Waals surface area (Å²) >= 11 is 0. The number of carbonyl (C=O) groups is 2. The molecule has 2 aromatic carbocycles. The maximum absolute atomic E-state index is 12.5. The van der Waals surface area contributed by atoms with Gasteiger partial charge in [-0.1, -0.05) is 12.5 Å². The summed E-state index contributed by atoms with van der Waals surface area (Å²) in [5.41, 5.74) is 11.0. The van der Waals surface area contributed by atoms with Crippen LogP contribution < -0.4 is 25.8 Å². The maximum atomic E-state index is 12.5. The normalized spacial score (nSPS) is 15.9. The number of ether oxygens (including phenoxy) is 2. The van der Waals surface area contributed by atoms with Crippen molar-refractivity contribution in [3.8, 4) is 28.4 Å². The first-order valence-electron chi connectivity index (χ1n) is 11.5. The number of amides is 2. The van der Waals surface area contributed by atoms with Gasteiger partial charge in [0.05, 0.1) is 17.9 Å². The monoisotopic (exact) mass is 459 g/mol. The van der Waals surface area contributed by atoms with Gasteiger partial charge in [-0.2, -0.15) is 5.10 Å². The van der Waals surface area contributed by atoms with E-state index in [1.165, 1.54) is 6.42 Å². The molecule has 1 aliphatic heterocycles. The van der Waals surface area contributed by atoms with Gasteiger partial charge in [0.25, 0.3) is 5.91 Å². The Kier molecular flexibility index (Phi) is 4.99. The number of benzene rings is 2. The lowest BCUT2D eigenvalue weighted by Gasteiger charge is -2.26. The molecule has 6 rings (SSSR count). The Morgan fingerprint density at radius 2 is 1.94 bits per heavy atom. The molecule has 9 nitrogen and oxygen atoms in total. The molecular formula is C25H25N5O4. The van der Waals surface area contributed by atoms with Crippen LogP contribution in [0.2, 0.25) is 0 Å². The highest BCUT2D eigenvalue weighted by Crippen LogP contribution is 2.40. The van der Waals surface area contributed by atoms with E-state index in [9.17, 15) is 9.59 Å². The molecule has 4 N–H and O–H groups in total. The van der Waals surface area contributed by atoms with E-state index < -0.39 is 5.91 Å². The minimum atomic E-state index is -0.564. The zero-order valence-corrected chi connectivity index (χ0v) is 18.6. The number of anilines is 1. The molecule has 0 atom stereocenters. The van der Waals surface area contributed by atoms with Crippen molar-refractivity contribution in [1.29, 1.82) is 0 Å². The second-order valence-electron chi connectivity index (χ2n) is 8.92. The van der Waals surface area contributed by atoms with Crippen LogP contribution in [0.3, 0.4) is 0 Å². The van der Waals surface area contributed by atoms with Gasteiger partial charge in [0.1, 0.15) is 0 Å². The lowest BCUT2D eigenvalue weighted by Crippen LogP contribution is -2.40. The Morgan fingerprint density at radius 3 is 2.74 bits per heavy atom. The molecule has 2 aliphatic carbocycles. The number of nitrogens with one attached hydrogen (secondary N) is 2. The SMILES string of the molecule is NC(=O)c1nn(-c2ccc3c(c2)OCO3)c2c1CCc1ccc(NC(=O)CNC3CCC3)cc1-2. The van der Waals surface area contributed by atoms with Gasteiger partial charge < -0.3 is 25.8 Å². The predicted octanol–water partition coefficient (Wildman–Crippen LogP) is 2.55. The van der Waals surface area contributed by atoms with E-state index in [1.54, 1.807) is 4.68 Å². The number of nitrogens with two attached hydrogens (primary N) is 1. The van der Waals surface area contributed by atoms with Crippen molar-refractivity contribution in [2.45, 2.75) is 38.1 Å². The lowest BCUT2D eigenvalue weighted by atomic mass is 9.88. The van der Waals surface area contributed by atoms with Gasteiger partial charge in [0, 0.05) is 28.9 Å². The number of carbonyl (C=O) groups excluding carboxylic acids is 2. The highest BCUT2D eigenvalue weighted by atomic mass is 16.7. The van der Waals surface area contributed by atoms with Gasteiger partial charge in [-0.25, -0.2) is 4.68 Å². The van der Waals surface area contributed by atoms with Crippen LogP contribution in [-0.2, 0) is 17.6 Å². The van der Waals surface area contributed by atoms with E-state index in [-0.39, 0.29) is 24.9 Å². The molecule has 34 heavy (non-hydrogen) atoms. The van der Waals surface area contributed by atoms with Crippen LogP contribution in [-0.4, -0.2) is 41.0 Å². The van der Waals surface area contributed by atoms with Crippen molar-refractivity contribution in [3.63, 3.8) is 0 Å². The van der Waals surface area contributed by atoms with Crippen molar-refractivity contribution in [2.75, 3.05) is 18.7 Å². The molecule has 2 amide bonds. The molecule has 0 unspecified atom stereocenters. The fraction of sp³-hybridized carbons (Fsp3) is 0.320. The van der Waals surface area contributed by atoms with Crippen molar-refractivity contribution in [2.24, 2.45) is 5.73 Å². The van der Waals surface area contributed by atoms with Gasteiger partial charge in [-0.05, 0) is 55.5 Å². The molecule has 3 aliphatic rings. The Bertz CT molecular complexity index is 1310. The number of nitrogens with zero attached hydrogens (tertiary/aromatic N) is 2. The average Bonchev–Trinajstić information content (AvgIpc) is 3.42. The summed E-state index contributed by atoms with van der Waals surface area (Å²) in [4.78, 5) is 24.7. The number of fused-ring (bicyclic) bond motifs is 4. The molecule has 0 radical (unpaired) electrons. The van der Waals surface area contributed by atoms with E-state index in [2.05, 4.69) is 15.7 Å². The number of aromatic nitrogens is 2. The first-order valence-corrected chi connectivity index (χ1v) is 11.5. The van der Waals surface area contributed by atoms with Crippen LogP contribution in [0.1, 0.15) is 40.9 Å². The van der Waals surface area contributed by atoms with Gasteiger partial charge in [-0.3, -0.25) is 9.59 Å². The molecular weight excluding hydrogens is 434 g/mol. The Balaban J connectivity index is 1.37. The number of aryl methyl sites for hydroxylation is 1. The summed E-state index contributed by atoms with van der Waals surface area (Å²) in [6.45, 7) is 0.456.